The van der Waals surface area contributed by atoms with Crippen LogP contribution in [0.25, 0.3) is 17.2 Å². The summed E-state index contributed by atoms with van der Waals surface area (Å²) in [6.07, 6.45) is -10.1. The molecule has 0 bridgehead atoms. The van der Waals surface area contributed by atoms with Crippen LogP contribution < -0.4 is 10.1 Å². The van der Waals surface area contributed by atoms with Crippen LogP contribution in [0, 0.1) is 0 Å². The Hall–Kier alpha value is -4.53. The van der Waals surface area contributed by atoms with Crippen LogP contribution in [-0.4, -0.2) is 107 Å². The van der Waals surface area contributed by atoms with Crippen molar-refractivity contribution in [3.63, 3.8) is 0 Å². The first kappa shape index (κ1) is 42.6. The Morgan fingerprint density at radius 2 is 1.61 bits per heavy atom. The molecule has 11 nitrogen and oxygen atoms in total. The molecule has 2 fully saturated rings. The Kier molecular flexibility index (Phi) is 14.2. The molecule has 1 unspecified atom stereocenters. The third-order valence-electron chi connectivity index (χ3n) is 8.44. The number of hydrogen-bond donors (Lipinski definition) is 3. The van der Waals surface area contributed by atoms with Crippen molar-refractivity contribution in [3.05, 3.63) is 87.8 Å². The summed E-state index contributed by atoms with van der Waals surface area (Å²) in [6, 6.07) is 11.0. The molecule has 1 atom stereocenters. The van der Waals surface area contributed by atoms with E-state index in [1.165, 1.54) is 53.4 Å². The zero-order valence-electron chi connectivity index (χ0n) is 29.3. The number of aliphatic hydroxyl groups excluding tert-OH is 2. The van der Waals surface area contributed by atoms with Gasteiger partial charge in [0.15, 0.2) is 0 Å². The maximum absolute atomic E-state index is 13.7. The first-order valence-corrected chi connectivity index (χ1v) is 18.2. The molecular formula is C37H35F6N3O8S2. The van der Waals surface area contributed by atoms with E-state index in [-0.39, 0.29) is 62.9 Å². The Balaban J connectivity index is 1.32. The fraction of sp³-hybridized carbons (Fsp3) is 0.351. The number of carbonyl (C=O) groups excluding carboxylic acids is 3. The average Bonchev–Trinajstić information content (AvgIpc) is 3.43. The fourth-order valence-corrected chi connectivity index (χ4v) is 6.77. The number of thiocarbonyl (C=S) groups is 1. The van der Waals surface area contributed by atoms with E-state index in [1.54, 1.807) is 0 Å². The molecule has 3 aromatic rings. The lowest BCUT2D eigenvalue weighted by molar-refractivity contribution is -0.143. The first-order chi connectivity index (χ1) is 26.5. The molecule has 56 heavy (non-hydrogen) atoms. The Morgan fingerprint density at radius 1 is 0.946 bits per heavy atom. The molecule has 2 amide bonds. The summed E-state index contributed by atoms with van der Waals surface area (Å²) < 4.78 is 98.4. The molecule has 0 aliphatic carbocycles. The molecule has 0 aromatic heterocycles. The van der Waals surface area contributed by atoms with E-state index in [0.717, 1.165) is 11.8 Å². The molecule has 0 radical (unpaired) electrons. The summed E-state index contributed by atoms with van der Waals surface area (Å²) >= 11 is 6.32. The fourth-order valence-electron chi connectivity index (χ4n) is 5.47. The number of ether oxygens (including phenoxy) is 3. The molecule has 3 N–H and O–H groups in total. The minimum absolute atomic E-state index is 0.00551. The largest absolute Gasteiger partial charge is 0.492 e. The van der Waals surface area contributed by atoms with Gasteiger partial charge in [-0.2, -0.15) is 26.3 Å². The highest BCUT2D eigenvalue weighted by Crippen LogP contribution is 2.40. The highest BCUT2D eigenvalue weighted by molar-refractivity contribution is 8.26. The number of nitrogens with zero attached hydrogens (tertiary/aromatic N) is 2. The van der Waals surface area contributed by atoms with Crippen molar-refractivity contribution in [3.8, 4) is 16.9 Å². The number of esters is 1. The maximum atomic E-state index is 13.7. The molecule has 5 rings (SSSR count). The summed E-state index contributed by atoms with van der Waals surface area (Å²) in [6.45, 7) is 2.03. The molecule has 0 spiro atoms. The van der Waals surface area contributed by atoms with E-state index < -0.39 is 60.6 Å². The van der Waals surface area contributed by atoms with Crippen molar-refractivity contribution in [2.75, 3.05) is 64.5 Å². The third kappa shape index (κ3) is 11.5. The predicted octanol–water partition coefficient (Wildman–Crippen LogP) is 5.84. The van der Waals surface area contributed by atoms with E-state index in [0.29, 0.717) is 50.7 Å². The van der Waals surface area contributed by atoms with E-state index in [2.05, 4.69) is 10.2 Å². The smallest absolute Gasteiger partial charge is 0.416 e. The monoisotopic (exact) mass is 827 g/mol. The lowest BCUT2D eigenvalue weighted by Gasteiger charge is -2.26. The average molecular weight is 828 g/mol. The molecule has 2 aliphatic heterocycles. The Morgan fingerprint density at radius 3 is 2.23 bits per heavy atom. The second-order valence-electron chi connectivity index (χ2n) is 12.5. The lowest BCUT2D eigenvalue weighted by Crippen LogP contribution is -2.38. The molecule has 300 valence electrons. The van der Waals surface area contributed by atoms with Gasteiger partial charge in [-0.1, -0.05) is 30.0 Å². The van der Waals surface area contributed by atoms with E-state index >= 15 is 0 Å². The number of aliphatic hydroxyl groups is 2. The quantitative estimate of drug-likeness (QED) is 0.0783. The molecule has 2 aliphatic rings. The van der Waals surface area contributed by atoms with Crippen LogP contribution in [-0.2, 0) is 31.4 Å². The number of anilines is 1. The molecule has 19 heteroatoms. The normalized spacial score (nSPS) is 16.6. The number of hydrogen-bond acceptors (Lipinski definition) is 11. The van der Waals surface area contributed by atoms with Gasteiger partial charge in [0.2, 0.25) is 5.91 Å². The minimum atomic E-state index is -5.06. The zero-order chi connectivity index (χ0) is 40.6. The maximum Gasteiger partial charge on any atom is 0.416 e. The van der Waals surface area contributed by atoms with E-state index in [4.69, 9.17) is 31.5 Å². The summed E-state index contributed by atoms with van der Waals surface area (Å²) in [7, 11) is 0. The Labute approximate surface area is 326 Å². The SMILES string of the molecule is O=C(CCN1C(=O)C(=Cc2cc(-c3cc(C(F)(F)F)cc(C(F)(F)F)c3)ccc2OCCN2CCOCC2)SC1=S)Nc1ccc(C(=O)OCC(O)CO)cc1. The number of alkyl halides is 6. The number of amides is 2. The van der Waals surface area contributed by atoms with Crippen LogP contribution in [0.3, 0.4) is 0 Å². The second kappa shape index (κ2) is 18.6. The Bertz CT molecular complexity index is 1920. The van der Waals surface area contributed by atoms with Crippen LogP contribution in [0.1, 0.15) is 33.5 Å². The number of nitrogens with one attached hydrogen (secondary N) is 1. The van der Waals surface area contributed by atoms with Crippen LogP contribution >= 0.6 is 24.0 Å². The number of halogens is 6. The molecule has 0 saturated carbocycles. The van der Waals surface area contributed by atoms with Gasteiger partial charge in [0.1, 0.15) is 29.4 Å². The van der Waals surface area contributed by atoms with Gasteiger partial charge < -0.3 is 29.7 Å². The summed E-state index contributed by atoms with van der Waals surface area (Å²) in [5.74, 6) is -1.60. The topological polar surface area (TPSA) is 138 Å². The van der Waals surface area contributed by atoms with Gasteiger partial charge in [-0.15, -0.1) is 0 Å². The van der Waals surface area contributed by atoms with Crippen molar-refractivity contribution >= 4 is 57.8 Å². The molecular weight excluding hydrogens is 793 g/mol. The van der Waals surface area contributed by atoms with Crippen LogP contribution in [0.4, 0.5) is 32.0 Å². The van der Waals surface area contributed by atoms with Crippen LogP contribution in [0.2, 0.25) is 0 Å². The van der Waals surface area contributed by atoms with Crippen molar-refractivity contribution < 1.29 is 65.1 Å². The van der Waals surface area contributed by atoms with Crippen LogP contribution in [0.15, 0.2) is 65.6 Å². The van der Waals surface area contributed by atoms with E-state index in [9.17, 15) is 45.8 Å². The van der Waals surface area contributed by atoms with Gasteiger partial charge in [0, 0.05) is 43.9 Å². The number of thioether (sulfide) groups is 1. The van der Waals surface area contributed by atoms with Gasteiger partial charge in [-0.3, -0.25) is 19.4 Å². The number of morpholine rings is 1. The number of benzene rings is 3. The third-order valence-corrected chi connectivity index (χ3v) is 9.82. The lowest BCUT2D eigenvalue weighted by atomic mass is 9.97. The highest BCUT2D eigenvalue weighted by atomic mass is 32.2. The zero-order valence-corrected chi connectivity index (χ0v) is 31.0. The summed E-state index contributed by atoms with van der Waals surface area (Å²) in [5.41, 5.74) is -2.64. The van der Waals surface area contributed by atoms with E-state index in [1.807, 2.05) is 0 Å². The minimum Gasteiger partial charge on any atom is -0.492 e. The summed E-state index contributed by atoms with van der Waals surface area (Å²) in [4.78, 5) is 41.8. The highest BCUT2D eigenvalue weighted by Gasteiger charge is 2.37. The van der Waals surface area contributed by atoms with Crippen molar-refractivity contribution in [1.29, 1.82) is 0 Å². The van der Waals surface area contributed by atoms with Crippen molar-refractivity contribution in [2.45, 2.75) is 24.9 Å². The van der Waals surface area contributed by atoms with Crippen LogP contribution in [0.5, 0.6) is 5.75 Å². The summed E-state index contributed by atoms with van der Waals surface area (Å²) in [5, 5.41) is 20.8. The van der Waals surface area contributed by atoms with Crippen molar-refractivity contribution in [2.24, 2.45) is 0 Å². The standard InChI is InChI=1S/C37H35F6N3O8S2/c38-36(39,40)26-16-24(17-27(19-26)37(41,42)43)23-3-6-30(53-14-11-45-9-12-52-13-10-45)25(15-23)18-31-33(50)46(35(55)56-31)8-7-32(49)44-28-4-1-22(2-5-28)34(51)54-21-29(48)20-47/h1-6,15-19,29,47-48H,7-14,20-21H2,(H,44,49). The first-order valence-electron chi connectivity index (χ1n) is 17.0. The number of rotatable bonds is 14. The van der Waals surface area contributed by atoms with Gasteiger partial charge in [0.25, 0.3) is 5.91 Å². The van der Waals surface area contributed by atoms with Gasteiger partial charge in [-0.05, 0) is 71.8 Å². The molecule has 2 saturated heterocycles. The second-order valence-corrected chi connectivity index (χ2v) is 14.2. The van der Waals surface area contributed by atoms with Gasteiger partial charge in [0.05, 0.1) is 41.4 Å². The van der Waals surface area contributed by atoms with Gasteiger partial charge in [-0.25, -0.2) is 4.79 Å². The van der Waals surface area contributed by atoms with Crippen molar-refractivity contribution in [1.82, 2.24) is 9.80 Å². The molecule has 3 aromatic carbocycles. The molecule has 2 heterocycles. The van der Waals surface area contributed by atoms with Gasteiger partial charge >= 0.3 is 18.3 Å². The predicted molar refractivity (Wildman–Crippen MR) is 198 cm³/mol. The number of carbonyl (C=O) groups is 3.